The highest BCUT2D eigenvalue weighted by atomic mass is 32.2. The van der Waals surface area contributed by atoms with E-state index < -0.39 is 16.0 Å². The minimum Gasteiger partial charge on any atom is -0.478 e. The van der Waals surface area contributed by atoms with E-state index in [1.165, 1.54) is 18.2 Å². The molecule has 0 saturated carbocycles. The molecule has 6 heteroatoms. The summed E-state index contributed by atoms with van der Waals surface area (Å²) in [5.41, 5.74) is 0.543. The Hall–Kier alpha value is -2.18. The van der Waals surface area contributed by atoms with Gasteiger partial charge in [-0.2, -0.15) is 0 Å². The van der Waals surface area contributed by atoms with Gasteiger partial charge in [0.1, 0.15) is 4.90 Å². The number of carboxylic acids is 1. The number of benzene rings is 2. The Labute approximate surface area is 110 Å². The van der Waals surface area contributed by atoms with Crippen LogP contribution in [0.15, 0.2) is 53.4 Å². The third-order valence-corrected chi connectivity index (χ3v) is 3.62. The molecular formula is C13H11NO4S. The van der Waals surface area contributed by atoms with Gasteiger partial charge in [-0.05, 0) is 11.6 Å². The number of aromatic carboxylic acids is 1. The lowest BCUT2D eigenvalue weighted by Crippen LogP contribution is -2.18. The Bertz CT molecular complexity index is 724. The maximum atomic E-state index is 11.7. The summed E-state index contributed by atoms with van der Waals surface area (Å²) in [5, 5.41) is 14.2. The number of rotatable bonds is 3. The lowest BCUT2D eigenvalue weighted by molar-refractivity contribution is 0.0692. The SMILES string of the molecule is NS(=O)(=O)c1c(C(=O)O)cccc1-c1ccccc1. The molecule has 0 aromatic heterocycles. The van der Waals surface area contributed by atoms with Crippen LogP contribution in [0, 0.1) is 0 Å². The summed E-state index contributed by atoms with van der Waals surface area (Å²) in [6.07, 6.45) is 0. The van der Waals surface area contributed by atoms with Crippen molar-refractivity contribution in [3.63, 3.8) is 0 Å². The van der Waals surface area contributed by atoms with Gasteiger partial charge < -0.3 is 5.11 Å². The van der Waals surface area contributed by atoms with Crippen molar-refractivity contribution in [2.75, 3.05) is 0 Å². The van der Waals surface area contributed by atoms with E-state index in [4.69, 9.17) is 10.2 Å². The molecule has 0 radical (unpaired) electrons. The molecule has 0 heterocycles. The summed E-state index contributed by atoms with van der Waals surface area (Å²) in [7, 11) is -4.14. The summed E-state index contributed by atoms with van der Waals surface area (Å²) >= 11 is 0. The Morgan fingerprint density at radius 1 is 1.00 bits per heavy atom. The van der Waals surface area contributed by atoms with Crippen LogP contribution in [0.2, 0.25) is 0 Å². The van der Waals surface area contributed by atoms with E-state index in [0.29, 0.717) is 5.56 Å². The third kappa shape index (κ3) is 2.64. The first-order chi connectivity index (χ1) is 8.91. The Morgan fingerprint density at radius 2 is 1.63 bits per heavy atom. The van der Waals surface area contributed by atoms with Crippen molar-refractivity contribution in [2.24, 2.45) is 5.14 Å². The van der Waals surface area contributed by atoms with Crippen molar-refractivity contribution in [1.82, 2.24) is 0 Å². The molecular weight excluding hydrogens is 266 g/mol. The first-order valence-corrected chi connectivity index (χ1v) is 6.90. The largest absolute Gasteiger partial charge is 0.478 e. The average molecular weight is 277 g/mol. The number of hydrogen-bond donors (Lipinski definition) is 2. The lowest BCUT2D eigenvalue weighted by Gasteiger charge is -2.10. The molecule has 2 rings (SSSR count). The molecule has 0 spiro atoms. The molecule has 5 nitrogen and oxygen atoms in total. The lowest BCUT2D eigenvalue weighted by atomic mass is 10.0. The molecule has 0 amide bonds. The highest BCUT2D eigenvalue weighted by Crippen LogP contribution is 2.29. The molecule has 0 unspecified atom stereocenters. The maximum Gasteiger partial charge on any atom is 0.337 e. The second-order valence-corrected chi connectivity index (χ2v) is 5.40. The summed E-state index contributed by atoms with van der Waals surface area (Å²) in [6, 6.07) is 12.9. The number of carboxylic acid groups (broad SMARTS) is 1. The molecule has 2 aromatic rings. The zero-order valence-corrected chi connectivity index (χ0v) is 10.6. The van der Waals surface area contributed by atoms with Crippen molar-refractivity contribution in [3.8, 4) is 11.1 Å². The number of carbonyl (C=O) groups is 1. The zero-order chi connectivity index (χ0) is 14.0. The van der Waals surface area contributed by atoms with E-state index >= 15 is 0 Å². The van der Waals surface area contributed by atoms with Crippen LogP contribution in [-0.4, -0.2) is 19.5 Å². The van der Waals surface area contributed by atoms with Crippen molar-refractivity contribution < 1.29 is 18.3 Å². The van der Waals surface area contributed by atoms with Crippen molar-refractivity contribution >= 4 is 16.0 Å². The molecule has 2 aromatic carbocycles. The number of nitrogens with two attached hydrogens (primary N) is 1. The molecule has 0 aliphatic heterocycles. The van der Waals surface area contributed by atoms with Crippen LogP contribution < -0.4 is 5.14 Å². The fourth-order valence-corrected chi connectivity index (χ4v) is 2.81. The molecule has 0 saturated heterocycles. The van der Waals surface area contributed by atoms with E-state index in [-0.39, 0.29) is 16.0 Å². The van der Waals surface area contributed by atoms with Gasteiger partial charge in [0.25, 0.3) is 0 Å². The Kier molecular flexibility index (Phi) is 3.37. The molecule has 0 aliphatic carbocycles. The van der Waals surface area contributed by atoms with Gasteiger partial charge in [-0.25, -0.2) is 18.4 Å². The molecule has 0 fully saturated rings. The van der Waals surface area contributed by atoms with E-state index in [2.05, 4.69) is 0 Å². The monoisotopic (exact) mass is 277 g/mol. The summed E-state index contributed by atoms with van der Waals surface area (Å²) in [5.74, 6) is -1.33. The topological polar surface area (TPSA) is 97.5 Å². The predicted octanol–water partition coefficient (Wildman–Crippen LogP) is 1.70. The second kappa shape index (κ2) is 4.83. The predicted molar refractivity (Wildman–Crippen MR) is 70.2 cm³/mol. The van der Waals surface area contributed by atoms with Crippen LogP contribution in [0.3, 0.4) is 0 Å². The smallest absolute Gasteiger partial charge is 0.337 e. The quantitative estimate of drug-likeness (QED) is 0.892. The molecule has 19 heavy (non-hydrogen) atoms. The summed E-state index contributed by atoms with van der Waals surface area (Å²) in [6.45, 7) is 0. The van der Waals surface area contributed by atoms with Gasteiger partial charge >= 0.3 is 5.97 Å². The van der Waals surface area contributed by atoms with E-state index in [9.17, 15) is 13.2 Å². The van der Waals surface area contributed by atoms with Gasteiger partial charge in [-0.1, -0.05) is 42.5 Å². The van der Waals surface area contributed by atoms with E-state index in [1.54, 1.807) is 30.3 Å². The van der Waals surface area contributed by atoms with Crippen molar-refractivity contribution in [1.29, 1.82) is 0 Å². The van der Waals surface area contributed by atoms with Crippen molar-refractivity contribution in [3.05, 3.63) is 54.1 Å². The standard InChI is InChI=1S/C13H11NO4S/c14-19(17,18)12-10(9-5-2-1-3-6-9)7-4-8-11(12)13(15)16/h1-8H,(H,15,16)(H2,14,17,18). The first-order valence-electron chi connectivity index (χ1n) is 5.36. The van der Waals surface area contributed by atoms with Gasteiger partial charge in [0.15, 0.2) is 0 Å². The zero-order valence-electron chi connectivity index (χ0n) is 9.78. The van der Waals surface area contributed by atoms with Gasteiger partial charge in [0, 0.05) is 5.56 Å². The highest BCUT2D eigenvalue weighted by molar-refractivity contribution is 7.89. The number of primary sulfonamides is 1. The Balaban J connectivity index is 2.83. The van der Waals surface area contributed by atoms with Gasteiger partial charge in [-0.15, -0.1) is 0 Å². The van der Waals surface area contributed by atoms with Gasteiger partial charge in [0.2, 0.25) is 10.0 Å². The molecule has 0 aliphatic rings. The minimum atomic E-state index is -4.14. The van der Waals surface area contributed by atoms with Gasteiger partial charge in [0.05, 0.1) is 5.56 Å². The fraction of sp³-hybridized carbons (Fsp3) is 0. The van der Waals surface area contributed by atoms with Crippen LogP contribution in [0.25, 0.3) is 11.1 Å². The molecule has 0 atom stereocenters. The number of sulfonamides is 1. The highest BCUT2D eigenvalue weighted by Gasteiger charge is 2.23. The Morgan fingerprint density at radius 3 is 2.16 bits per heavy atom. The summed E-state index contributed by atoms with van der Waals surface area (Å²) in [4.78, 5) is 10.8. The maximum absolute atomic E-state index is 11.7. The number of hydrogen-bond acceptors (Lipinski definition) is 3. The van der Waals surface area contributed by atoms with Crippen molar-refractivity contribution in [2.45, 2.75) is 4.90 Å². The molecule has 98 valence electrons. The van der Waals surface area contributed by atoms with E-state index in [0.717, 1.165) is 0 Å². The van der Waals surface area contributed by atoms with E-state index in [1.807, 2.05) is 0 Å². The minimum absolute atomic E-state index is 0.281. The second-order valence-electron chi connectivity index (χ2n) is 3.90. The van der Waals surface area contributed by atoms with Crippen LogP contribution in [0.1, 0.15) is 10.4 Å². The van der Waals surface area contributed by atoms with Crippen LogP contribution in [0.4, 0.5) is 0 Å². The third-order valence-electron chi connectivity index (χ3n) is 2.61. The van der Waals surface area contributed by atoms with Crippen LogP contribution in [0.5, 0.6) is 0 Å². The summed E-state index contributed by atoms with van der Waals surface area (Å²) < 4.78 is 23.3. The van der Waals surface area contributed by atoms with Crippen LogP contribution in [-0.2, 0) is 10.0 Å². The molecule has 0 bridgehead atoms. The average Bonchev–Trinajstić information content (AvgIpc) is 2.38. The first kappa shape index (κ1) is 13.3. The molecule has 3 N–H and O–H groups in total. The normalized spacial score (nSPS) is 11.2. The van der Waals surface area contributed by atoms with Gasteiger partial charge in [-0.3, -0.25) is 0 Å². The van der Waals surface area contributed by atoms with Crippen LogP contribution >= 0.6 is 0 Å². The fourth-order valence-electron chi connectivity index (χ4n) is 1.86.